The van der Waals surface area contributed by atoms with E-state index in [1.807, 2.05) is 19.1 Å². The Morgan fingerprint density at radius 3 is 2.79 bits per heavy atom. The van der Waals surface area contributed by atoms with Crippen LogP contribution in [0.15, 0.2) is 55.1 Å². The number of amides is 1. The Hall–Kier alpha value is -3.28. The van der Waals surface area contributed by atoms with Gasteiger partial charge in [0.15, 0.2) is 0 Å². The number of benzene rings is 1. The second-order valence-corrected chi connectivity index (χ2v) is 5.12. The highest BCUT2D eigenvalue weighted by Gasteiger charge is 2.09. The first kappa shape index (κ1) is 15.6. The third-order valence-corrected chi connectivity index (χ3v) is 3.53. The average molecular weight is 320 g/mol. The largest absolute Gasteiger partial charge is 0.494 e. The molecule has 1 N–H and O–H groups in total. The van der Waals surface area contributed by atoms with E-state index in [9.17, 15) is 4.79 Å². The van der Waals surface area contributed by atoms with E-state index in [0.717, 1.165) is 11.0 Å². The van der Waals surface area contributed by atoms with Crippen LogP contribution in [0.25, 0.3) is 16.5 Å². The van der Waals surface area contributed by atoms with E-state index in [0.29, 0.717) is 22.6 Å². The van der Waals surface area contributed by atoms with Crippen molar-refractivity contribution in [2.24, 2.45) is 0 Å². The van der Waals surface area contributed by atoms with Crippen molar-refractivity contribution < 1.29 is 9.53 Å². The standard InChI is InChI=1S/C18H16N4O2/c1-12(15-11-19-8-9-20-15)10-17(23)22-14-5-6-16(24-2)18-13(14)4-3-7-21-18/h3-11H,1-2H3,(H,22,23)/b12-10+. The Balaban J connectivity index is 1.89. The molecule has 2 heterocycles. The summed E-state index contributed by atoms with van der Waals surface area (Å²) in [5, 5.41) is 3.69. The van der Waals surface area contributed by atoms with E-state index in [4.69, 9.17) is 4.74 Å². The van der Waals surface area contributed by atoms with E-state index in [1.165, 1.54) is 6.08 Å². The number of hydrogen-bond donors (Lipinski definition) is 1. The number of fused-ring (bicyclic) bond motifs is 1. The summed E-state index contributed by atoms with van der Waals surface area (Å²) in [5.41, 5.74) is 2.77. The van der Waals surface area contributed by atoms with Gasteiger partial charge >= 0.3 is 0 Å². The summed E-state index contributed by atoms with van der Waals surface area (Å²) in [7, 11) is 1.59. The van der Waals surface area contributed by atoms with Gasteiger partial charge in [0.05, 0.1) is 24.7 Å². The zero-order valence-electron chi connectivity index (χ0n) is 13.4. The van der Waals surface area contributed by atoms with E-state index in [-0.39, 0.29) is 5.91 Å². The van der Waals surface area contributed by atoms with Gasteiger partial charge in [0.2, 0.25) is 5.91 Å². The fraction of sp³-hybridized carbons (Fsp3) is 0.111. The molecule has 0 spiro atoms. The maximum absolute atomic E-state index is 12.3. The van der Waals surface area contributed by atoms with Crippen molar-refractivity contribution in [3.8, 4) is 5.75 Å². The number of carbonyl (C=O) groups is 1. The van der Waals surface area contributed by atoms with E-state index in [1.54, 1.807) is 44.0 Å². The third kappa shape index (κ3) is 3.22. The van der Waals surface area contributed by atoms with Crippen molar-refractivity contribution >= 4 is 28.1 Å². The predicted molar refractivity (Wildman–Crippen MR) is 92.6 cm³/mol. The maximum Gasteiger partial charge on any atom is 0.248 e. The van der Waals surface area contributed by atoms with Crippen molar-refractivity contribution in [3.05, 3.63) is 60.8 Å². The van der Waals surface area contributed by atoms with Crippen LogP contribution < -0.4 is 10.1 Å². The van der Waals surface area contributed by atoms with Gasteiger partial charge < -0.3 is 10.1 Å². The van der Waals surface area contributed by atoms with Crippen LogP contribution in [0.4, 0.5) is 5.69 Å². The number of carbonyl (C=O) groups excluding carboxylic acids is 1. The number of methoxy groups -OCH3 is 1. The number of aromatic nitrogens is 3. The van der Waals surface area contributed by atoms with Crippen LogP contribution >= 0.6 is 0 Å². The highest BCUT2D eigenvalue weighted by molar-refractivity contribution is 6.08. The van der Waals surface area contributed by atoms with Gasteiger partial charge in [-0.3, -0.25) is 19.7 Å². The molecular formula is C18H16N4O2. The van der Waals surface area contributed by atoms with Crippen LogP contribution in [0.1, 0.15) is 12.6 Å². The molecule has 0 bridgehead atoms. The fourth-order valence-corrected chi connectivity index (χ4v) is 2.36. The Morgan fingerprint density at radius 2 is 2.04 bits per heavy atom. The summed E-state index contributed by atoms with van der Waals surface area (Å²) in [5.74, 6) is 0.420. The minimum absolute atomic E-state index is 0.242. The molecule has 0 radical (unpaired) electrons. The molecule has 0 saturated heterocycles. The van der Waals surface area contributed by atoms with Crippen LogP contribution in [-0.4, -0.2) is 28.0 Å². The van der Waals surface area contributed by atoms with Gasteiger partial charge in [0, 0.05) is 30.1 Å². The van der Waals surface area contributed by atoms with Crippen molar-refractivity contribution in [1.82, 2.24) is 15.0 Å². The van der Waals surface area contributed by atoms with E-state index in [2.05, 4.69) is 20.3 Å². The van der Waals surface area contributed by atoms with Crippen LogP contribution in [0, 0.1) is 0 Å². The lowest BCUT2D eigenvalue weighted by molar-refractivity contribution is -0.111. The number of anilines is 1. The Kier molecular flexibility index (Phi) is 4.47. The maximum atomic E-state index is 12.3. The van der Waals surface area contributed by atoms with E-state index < -0.39 is 0 Å². The predicted octanol–water partition coefficient (Wildman–Crippen LogP) is 3.08. The third-order valence-electron chi connectivity index (χ3n) is 3.53. The van der Waals surface area contributed by atoms with Crippen molar-refractivity contribution in [2.45, 2.75) is 6.92 Å². The second kappa shape index (κ2) is 6.87. The van der Waals surface area contributed by atoms with Gasteiger partial charge in [-0.15, -0.1) is 0 Å². The highest BCUT2D eigenvalue weighted by atomic mass is 16.5. The summed E-state index contributed by atoms with van der Waals surface area (Å²) in [6, 6.07) is 7.29. The van der Waals surface area contributed by atoms with Crippen LogP contribution in [0.5, 0.6) is 5.75 Å². The van der Waals surface area contributed by atoms with Crippen molar-refractivity contribution in [3.63, 3.8) is 0 Å². The molecular weight excluding hydrogens is 304 g/mol. The lowest BCUT2D eigenvalue weighted by Crippen LogP contribution is -2.09. The summed E-state index contributed by atoms with van der Waals surface area (Å²) in [6.45, 7) is 1.82. The SMILES string of the molecule is COc1ccc(NC(=O)/C=C(\C)c2cnccn2)c2cccnc12. The van der Waals surface area contributed by atoms with Gasteiger partial charge in [0.25, 0.3) is 0 Å². The molecule has 120 valence electrons. The average Bonchev–Trinajstić information content (AvgIpc) is 2.62. The smallest absolute Gasteiger partial charge is 0.248 e. The Morgan fingerprint density at radius 1 is 1.17 bits per heavy atom. The molecule has 0 atom stereocenters. The monoisotopic (exact) mass is 320 g/mol. The lowest BCUT2D eigenvalue weighted by Gasteiger charge is -2.10. The first-order valence-corrected chi connectivity index (χ1v) is 7.36. The van der Waals surface area contributed by atoms with E-state index >= 15 is 0 Å². The zero-order chi connectivity index (χ0) is 16.9. The molecule has 2 aromatic heterocycles. The number of ether oxygens (including phenoxy) is 1. The molecule has 3 rings (SSSR count). The van der Waals surface area contributed by atoms with Crippen LogP contribution in [-0.2, 0) is 4.79 Å². The van der Waals surface area contributed by atoms with Crippen LogP contribution in [0.3, 0.4) is 0 Å². The second-order valence-electron chi connectivity index (χ2n) is 5.12. The molecule has 24 heavy (non-hydrogen) atoms. The fourth-order valence-electron chi connectivity index (χ4n) is 2.36. The minimum atomic E-state index is -0.242. The molecule has 0 aliphatic heterocycles. The quantitative estimate of drug-likeness (QED) is 0.748. The minimum Gasteiger partial charge on any atom is -0.494 e. The molecule has 6 nitrogen and oxygen atoms in total. The molecule has 0 saturated carbocycles. The molecule has 0 fully saturated rings. The molecule has 6 heteroatoms. The summed E-state index contributed by atoms with van der Waals surface area (Å²) in [6.07, 6.45) is 7.98. The number of nitrogens with one attached hydrogen (secondary N) is 1. The topological polar surface area (TPSA) is 77.0 Å². The van der Waals surface area contributed by atoms with Gasteiger partial charge in [-0.1, -0.05) is 0 Å². The summed E-state index contributed by atoms with van der Waals surface area (Å²) >= 11 is 0. The number of allylic oxidation sites excluding steroid dienone is 1. The highest BCUT2D eigenvalue weighted by Crippen LogP contribution is 2.29. The Bertz CT molecular complexity index is 907. The van der Waals surface area contributed by atoms with Crippen molar-refractivity contribution in [1.29, 1.82) is 0 Å². The lowest BCUT2D eigenvalue weighted by atomic mass is 10.1. The normalized spacial score (nSPS) is 11.3. The number of nitrogens with zero attached hydrogens (tertiary/aromatic N) is 3. The molecule has 0 aliphatic carbocycles. The molecule has 1 amide bonds. The summed E-state index contributed by atoms with van der Waals surface area (Å²) < 4.78 is 5.31. The molecule has 1 aromatic carbocycles. The van der Waals surface area contributed by atoms with Crippen molar-refractivity contribution in [2.75, 3.05) is 12.4 Å². The number of hydrogen-bond acceptors (Lipinski definition) is 5. The van der Waals surface area contributed by atoms with Gasteiger partial charge in [-0.25, -0.2) is 0 Å². The van der Waals surface area contributed by atoms with Gasteiger partial charge in [-0.05, 0) is 36.8 Å². The first-order valence-electron chi connectivity index (χ1n) is 7.36. The zero-order valence-corrected chi connectivity index (χ0v) is 13.4. The number of rotatable bonds is 4. The molecule has 0 aliphatic rings. The Labute approximate surface area is 139 Å². The van der Waals surface area contributed by atoms with Crippen LogP contribution in [0.2, 0.25) is 0 Å². The van der Waals surface area contributed by atoms with Gasteiger partial charge in [0.1, 0.15) is 11.3 Å². The summed E-state index contributed by atoms with van der Waals surface area (Å²) in [4.78, 5) is 24.8. The number of pyridine rings is 1. The molecule has 3 aromatic rings. The van der Waals surface area contributed by atoms with Gasteiger partial charge in [-0.2, -0.15) is 0 Å². The first-order chi connectivity index (χ1) is 11.7. The molecule has 0 unspecified atom stereocenters.